The van der Waals surface area contributed by atoms with Crippen LogP contribution in [0.1, 0.15) is 19.8 Å². The van der Waals surface area contributed by atoms with E-state index in [1.54, 1.807) is 7.11 Å². The van der Waals surface area contributed by atoms with E-state index >= 15 is 0 Å². The average molecular weight is 187 g/mol. The van der Waals surface area contributed by atoms with Crippen molar-refractivity contribution in [1.82, 2.24) is 5.32 Å². The molecule has 0 aromatic heterocycles. The molecule has 1 rings (SSSR count). The molecule has 1 saturated heterocycles. The molecule has 0 aliphatic carbocycles. The molecule has 0 spiro atoms. The molecule has 0 bridgehead atoms. The number of methoxy groups -OCH3 is 1. The Morgan fingerprint density at radius 2 is 2.38 bits per heavy atom. The van der Waals surface area contributed by atoms with Gasteiger partial charge in [0.2, 0.25) is 0 Å². The highest BCUT2D eigenvalue weighted by molar-refractivity contribution is 4.80. The van der Waals surface area contributed by atoms with Gasteiger partial charge in [-0.3, -0.25) is 0 Å². The van der Waals surface area contributed by atoms with Gasteiger partial charge in [-0.1, -0.05) is 6.92 Å². The van der Waals surface area contributed by atoms with Crippen molar-refractivity contribution in [2.45, 2.75) is 25.9 Å². The zero-order chi connectivity index (χ0) is 9.68. The lowest BCUT2D eigenvalue weighted by Crippen LogP contribution is -2.43. The van der Waals surface area contributed by atoms with Crippen molar-refractivity contribution in [3.05, 3.63) is 0 Å². The molecule has 0 aromatic carbocycles. The van der Waals surface area contributed by atoms with E-state index in [0.717, 1.165) is 32.5 Å². The summed E-state index contributed by atoms with van der Waals surface area (Å²) in [4.78, 5) is 0. The summed E-state index contributed by atoms with van der Waals surface area (Å²) in [5.74, 6) is 0.951. The summed E-state index contributed by atoms with van der Waals surface area (Å²) >= 11 is 0. The van der Waals surface area contributed by atoms with Gasteiger partial charge in [-0.25, -0.2) is 0 Å². The second-order valence-electron chi connectivity index (χ2n) is 3.98. The maximum Gasteiger partial charge on any atom is 0.0595 e. The SMILES string of the molecule is COCCC(C)C1CNCCC1O. The van der Waals surface area contributed by atoms with Gasteiger partial charge in [-0.05, 0) is 31.2 Å². The molecule has 0 amide bonds. The first-order valence-electron chi connectivity index (χ1n) is 5.13. The van der Waals surface area contributed by atoms with Crippen molar-refractivity contribution in [3.8, 4) is 0 Å². The van der Waals surface area contributed by atoms with Crippen LogP contribution in [0, 0.1) is 11.8 Å². The fourth-order valence-corrected chi connectivity index (χ4v) is 1.97. The molecular weight excluding hydrogens is 166 g/mol. The monoisotopic (exact) mass is 187 g/mol. The minimum Gasteiger partial charge on any atom is -0.393 e. The molecule has 3 nitrogen and oxygen atoms in total. The summed E-state index contributed by atoms with van der Waals surface area (Å²) in [7, 11) is 1.72. The van der Waals surface area contributed by atoms with Gasteiger partial charge in [0.05, 0.1) is 6.10 Å². The second kappa shape index (κ2) is 5.58. The quantitative estimate of drug-likeness (QED) is 0.678. The first kappa shape index (κ1) is 11.0. The molecule has 3 atom stereocenters. The topological polar surface area (TPSA) is 41.5 Å². The predicted molar refractivity (Wildman–Crippen MR) is 52.6 cm³/mol. The zero-order valence-electron chi connectivity index (χ0n) is 8.62. The standard InChI is InChI=1S/C10H21NO2/c1-8(4-6-13-2)9-7-11-5-3-10(9)12/h8-12H,3-7H2,1-2H3. The summed E-state index contributed by atoms with van der Waals surface area (Å²) < 4.78 is 5.04. The minimum atomic E-state index is -0.117. The van der Waals surface area contributed by atoms with Crippen molar-refractivity contribution >= 4 is 0 Å². The van der Waals surface area contributed by atoms with E-state index in [0.29, 0.717) is 11.8 Å². The third kappa shape index (κ3) is 3.25. The Kier molecular flexibility index (Phi) is 4.70. The molecular formula is C10H21NO2. The molecule has 0 aromatic rings. The van der Waals surface area contributed by atoms with E-state index in [-0.39, 0.29) is 6.10 Å². The fourth-order valence-electron chi connectivity index (χ4n) is 1.97. The Hall–Kier alpha value is -0.120. The third-order valence-corrected chi connectivity index (χ3v) is 3.00. The lowest BCUT2D eigenvalue weighted by Gasteiger charge is -2.32. The van der Waals surface area contributed by atoms with Crippen LogP contribution >= 0.6 is 0 Å². The van der Waals surface area contributed by atoms with Crippen LogP contribution in [0.3, 0.4) is 0 Å². The predicted octanol–water partition coefficient (Wildman–Crippen LogP) is 0.629. The highest BCUT2D eigenvalue weighted by Crippen LogP contribution is 2.22. The molecule has 13 heavy (non-hydrogen) atoms. The minimum absolute atomic E-state index is 0.117. The van der Waals surface area contributed by atoms with Crippen LogP contribution in [0.2, 0.25) is 0 Å². The van der Waals surface area contributed by atoms with Crippen LogP contribution in [-0.4, -0.2) is 38.0 Å². The van der Waals surface area contributed by atoms with Gasteiger partial charge in [-0.2, -0.15) is 0 Å². The van der Waals surface area contributed by atoms with E-state index in [2.05, 4.69) is 12.2 Å². The van der Waals surface area contributed by atoms with Crippen molar-refractivity contribution in [1.29, 1.82) is 0 Å². The Morgan fingerprint density at radius 3 is 3.00 bits per heavy atom. The second-order valence-corrected chi connectivity index (χ2v) is 3.98. The maximum absolute atomic E-state index is 9.76. The number of hydrogen-bond donors (Lipinski definition) is 2. The van der Waals surface area contributed by atoms with Gasteiger partial charge in [0.25, 0.3) is 0 Å². The van der Waals surface area contributed by atoms with E-state index in [9.17, 15) is 5.11 Å². The normalized spacial score (nSPS) is 31.6. The van der Waals surface area contributed by atoms with Gasteiger partial charge in [-0.15, -0.1) is 0 Å². The number of piperidine rings is 1. The molecule has 1 aliphatic rings. The van der Waals surface area contributed by atoms with E-state index in [1.165, 1.54) is 0 Å². The zero-order valence-corrected chi connectivity index (χ0v) is 8.62. The van der Waals surface area contributed by atoms with Gasteiger partial charge in [0, 0.05) is 20.3 Å². The molecule has 0 saturated carbocycles. The van der Waals surface area contributed by atoms with Crippen LogP contribution < -0.4 is 5.32 Å². The maximum atomic E-state index is 9.76. The number of ether oxygens (including phenoxy) is 1. The van der Waals surface area contributed by atoms with Crippen LogP contribution in [-0.2, 0) is 4.74 Å². The smallest absolute Gasteiger partial charge is 0.0595 e. The van der Waals surface area contributed by atoms with Crippen LogP contribution in [0.15, 0.2) is 0 Å². The van der Waals surface area contributed by atoms with Crippen LogP contribution in [0.4, 0.5) is 0 Å². The molecule has 1 heterocycles. The number of rotatable bonds is 4. The van der Waals surface area contributed by atoms with E-state index in [4.69, 9.17) is 4.74 Å². The Labute approximate surface area is 80.5 Å². The molecule has 78 valence electrons. The van der Waals surface area contributed by atoms with Crippen molar-refractivity contribution in [3.63, 3.8) is 0 Å². The molecule has 1 fully saturated rings. The summed E-state index contributed by atoms with van der Waals surface area (Å²) in [6, 6.07) is 0. The average Bonchev–Trinajstić information content (AvgIpc) is 2.15. The van der Waals surface area contributed by atoms with Crippen LogP contribution in [0.5, 0.6) is 0 Å². The van der Waals surface area contributed by atoms with Gasteiger partial charge in [0.1, 0.15) is 0 Å². The lowest BCUT2D eigenvalue weighted by atomic mass is 9.83. The summed E-state index contributed by atoms with van der Waals surface area (Å²) in [6.45, 7) is 4.89. The highest BCUT2D eigenvalue weighted by Gasteiger charge is 2.27. The molecule has 2 N–H and O–H groups in total. The van der Waals surface area contributed by atoms with Crippen LogP contribution in [0.25, 0.3) is 0 Å². The number of nitrogens with one attached hydrogen (secondary N) is 1. The third-order valence-electron chi connectivity index (χ3n) is 3.00. The molecule has 3 unspecified atom stereocenters. The van der Waals surface area contributed by atoms with Gasteiger partial charge in [0.15, 0.2) is 0 Å². The lowest BCUT2D eigenvalue weighted by molar-refractivity contribution is 0.0406. The van der Waals surface area contributed by atoms with Gasteiger partial charge < -0.3 is 15.2 Å². The molecule has 3 heteroatoms. The van der Waals surface area contributed by atoms with E-state index < -0.39 is 0 Å². The Morgan fingerprint density at radius 1 is 1.62 bits per heavy atom. The molecule has 0 radical (unpaired) electrons. The highest BCUT2D eigenvalue weighted by atomic mass is 16.5. The summed E-state index contributed by atoms with van der Waals surface area (Å²) in [6.07, 6.45) is 1.81. The first-order chi connectivity index (χ1) is 6.25. The van der Waals surface area contributed by atoms with Gasteiger partial charge >= 0.3 is 0 Å². The Balaban J connectivity index is 2.30. The number of aliphatic hydroxyl groups is 1. The fraction of sp³-hybridized carbons (Fsp3) is 1.00. The first-order valence-corrected chi connectivity index (χ1v) is 5.13. The summed E-state index contributed by atoms with van der Waals surface area (Å²) in [5.41, 5.74) is 0. The van der Waals surface area contributed by atoms with Crippen molar-refractivity contribution < 1.29 is 9.84 Å². The molecule has 1 aliphatic heterocycles. The van der Waals surface area contributed by atoms with Crippen molar-refractivity contribution in [2.24, 2.45) is 11.8 Å². The number of hydrogen-bond acceptors (Lipinski definition) is 3. The Bertz CT molecular complexity index is 141. The van der Waals surface area contributed by atoms with Crippen molar-refractivity contribution in [2.75, 3.05) is 26.8 Å². The largest absolute Gasteiger partial charge is 0.393 e. The van der Waals surface area contributed by atoms with E-state index in [1.807, 2.05) is 0 Å². The number of aliphatic hydroxyl groups excluding tert-OH is 1. The summed E-state index contributed by atoms with van der Waals surface area (Å²) in [5, 5.41) is 13.1.